The molecule has 1 aromatic heterocycles. The van der Waals surface area contributed by atoms with E-state index >= 15 is 0 Å². The summed E-state index contributed by atoms with van der Waals surface area (Å²) in [6.07, 6.45) is 8.29. The molecule has 1 saturated carbocycles. The van der Waals surface area contributed by atoms with E-state index in [4.69, 9.17) is 4.74 Å². The van der Waals surface area contributed by atoms with Crippen LogP contribution < -0.4 is 10.1 Å². The van der Waals surface area contributed by atoms with Crippen LogP contribution in [0.5, 0.6) is 5.75 Å². The zero-order chi connectivity index (χ0) is 13.5. The third-order valence-electron chi connectivity index (χ3n) is 3.99. The summed E-state index contributed by atoms with van der Waals surface area (Å²) in [7, 11) is 0. The van der Waals surface area contributed by atoms with Gasteiger partial charge in [0.25, 0.3) is 0 Å². The molecule has 2 rings (SSSR count). The van der Waals surface area contributed by atoms with Crippen LogP contribution in [0.25, 0.3) is 0 Å². The highest BCUT2D eigenvalue weighted by Crippen LogP contribution is 2.29. The lowest BCUT2D eigenvalue weighted by Crippen LogP contribution is -2.21. The Morgan fingerprint density at radius 2 is 2.21 bits per heavy atom. The van der Waals surface area contributed by atoms with Crippen molar-refractivity contribution in [2.45, 2.75) is 52.0 Å². The van der Waals surface area contributed by atoms with Crippen molar-refractivity contribution in [1.82, 2.24) is 10.3 Å². The molecule has 1 aromatic rings. The lowest BCUT2D eigenvalue weighted by Gasteiger charge is -2.25. The summed E-state index contributed by atoms with van der Waals surface area (Å²) >= 11 is 0. The average molecular weight is 262 g/mol. The quantitative estimate of drug-likeness (QED) is 0.775. The number of hydrogen-bond donors (Lipinski definition) is 1. The highest BCUT2D eigenvalue weighted by atomic mass is 16.5. The van der Waals surface area contributed by atoms with E-state index in [1.54, 1.807) is 0 Å². The number of ether oxygens (including phenoxy) is 1. The zero-order valence-electron chi connectivity index (χ0n) is 12.2. The van der Waals surface area contributed by atoms with E-state index in [1.807, 2.05) is 12.3 Å². The maximum Gasteiger partial charge on any atom is 0.137 e. The Labute approximate surface area is 116 Å². The van der Waals surface area contributed by atoms with E-state index in [2.05, 4.69) is 30.2 Å². The largest absolute Gasteiger partial charge is 0.492 e. The zero-order valence-corrected chi connectivity index (χ0v) is 12.2. The van der Waals surface area contributed by atoms with Crippen LogP contribution in [0.3, 0.4) is 0 Å². The van der Waals surface area contributed by atoms with Gasteiger partial charge in [-0.2, -0.15) is 0 Å². The van der Waals surface area contributed by atoms with Crippen molar-refractivity contribution in [3.63, 3.8) is 0 Å². The normalized spacial score (nSPS) is 16.9. The average Bonchev–Trinajstić information content (AvgIpc) is 2.40. The van der Waals surface area contributed by atoms with Gasteiger partial charge < -0.3 is 10.1 Å². The van der Waals surface area contributed by atoms with Crippen molar-refractivity contribution in [2.24, 2.45) is 5.92 Å². The summed E-state index contributed by atoms with van der Waals surface area (Å²) in [5.41, 5.74) is 1.11. The van der Waals surface area contributed by atoms with Gasteiger partial charge in [0, 0.05) is 6.04 Å². The molecule has 0 aliphatic heterocycles. The van der Waals surface area contributed by atoms with Gasteiger partial charge in [-0.3, -0.25) is 4.98 Å². The van der Waals surface area contributed by atoms with Crippen molar-refractivity contribution in [3.8, 4) is 5.75 Å². The van der Waals surface area contributed by atoms with Crippen molar-refractivity contribution < 1.29 is 4.74 Å². The van der Waals surface area contributed by atoms with Gasteiger partial charge in [0.1, 0.15) is 5.75 Å². The lowest BCUT2D eigenvalue weighted by molar-refractivity contribution is 0.221. The topological polar surface area (TPSA) is 34.1 Å². The van der Waals surface area contributed by atoms with E-state index in [1.165, 1.54) is 25.7 Å². The minimum atomic E-state index is 0.356. The fourth-order valence-corrected chi connectivity index (χ4v) is 2.51. The molecule has 0 spiro atoms. The number of rotatable bonds is 8. The van der Waals surface area contributed by atoms with Crippen molar-refractivity contribution in [1.29, 1.82) is 0 Å². The number of aromatic nitrogens is 1. The first-order valence-electron chi connectivity index (χ1n) is 7.65. The van der Waals surface area contributed by atoms with Crippen LogP contribution in [0.4, 0.5) is 0 Å². The minimum absolute atomic E-state index is 0.356. The predicted octanol–water partition coefficient (Wildman–Crippen LogP) is 3.71. The maximum absolute atomic E-state index is 5.76. The lowest BCUT2D eigenvalue weighted by atomic mass is 9.83. The van der Waals surface area contributed by atoms with Gasteiger partial charge in [0.15, 0.2) is 0 Å². The Hall–Kier alpha value is -1.09. The van der Waals surface area contributed by atoms with E-state index in [0.717, 1.165) is 36.9 Å². The summed E-state index contributed by atoms with van der Waals surface area (Å²) in [6, 6.07) is 4.48. The number of pyridine rings is 1. The number of nitrogens with zero attached hydrogens (tertiary/aromatic N) is 1. The summed E-state index contributed by atoms with van der Waals surface area (Å²) in [5, 5.41) is 3.44. The molecular formula is C16H26N2O. The first-order valence-corrected chi connectivity index (χ1v) is 7.65. The Balaban J connectivity index is 1.79. The summed E-state index contributed by atoms with van der Waals surface area (Å²) in [5.74, 6) is 1.81. The van der Waals surface area contributed by atoms with Gasteiger partial charge in [-0.05, 0) is 37.4 Å². The third kappa shape index (κ3) is 4.20. The Morgan fingerprint density at radius 3 is 2.74 bits per heavy atom. The molecule has 1 aliphatic carbocycles. The van der Waals surface area contributed by atoms with E-state index < -0.39 is 0 Å². The predicted molar refractivity (Wildman–Crippen MR) is 78.4 cm³/mol. The highest BCUT2D eigenvalue weighted by Gasteiger charge is 2.16. The summed E-state index contributed by atoms with van der Waals surface area (Å²) in [4.78, 5) is 4.51. The highest BCUT2D eigenvalue weighted by molar-refractivity contribution is 5.21. The molecule has 0 aromatic carbocycles. The molecule has 0 radical (unpaired) electrons. The van der Waals surface area contributed by atoms with Gasteiger partial charge in [-0.15, -0.1) is 0 Å². The molecule has 1 N–H and O–H groups in total. The standard InChI is InChI=1S/C16H26N2O/c1-3-15(17-4-2)16-9-8-14(12-18-16)19-11-10-13-6-5-7-13/h8-9,12-13,15,17H,3-7,10-11H2,1-2H3. The Morgan fingerprint density at radius 1 is 1.37 bits per heavy atom. The van der Waals surface area contributed by atoms with E-state index in [-0.39, 0.29) is 0 Å². The molecule has 1 unspecified atom stereocenters. The van der Waals surface area contributed by atoms with Crippen molar-refractivity contribution >= 4 is 0 Å². The first-order chi connectivity index (χ1) is 9.33. The smallest absolute Gasteiger partial charge is 0.137 e. The van der Waals surface area contributed by atoms with Gasteiger partial charge in [-0.25, -0.2) is 0 Å². The molecule has 0 amide bonds. The molecule has 0 bridgehead atoms. The van der Waals surface area contributed by atoms with Crippen molar-refractivity contribution in [3.05, 3.63) is 24.0 Å². The van der Waals surface area contributed by atoms with Gasteiger partial charge in [0.05, 0.1) is 18.5 Å². The minimum Gasteiger partial charge on any atom is -0.492 e. The second-order valence-corrected chi connectivity index (χ2v) is 5.37. The Kier molecular flexibility index (Phi) is 5.64. The monoisotopic (exact) mass is 262 g/mol. The van der Waals surface area contributed by atoms with Gasteiger partial charge in [-0.1, -0.05) is 33.1 Å². The van der Waals surface area contributed by atoms with Crippen LogP contribution in [0.15, 0.2) is 18.3 Å². The maximum atomic E-state index is 5.76. The van der Waals surface area contributed by atoms with Crippen LogP contribution >= 0.6 is 0 Å². The molecule has 1 atom stereocenters. The van der Waals surface area contributed by atoms with Gasteiger partial charge >= 0.3 is 0 Å². The fraction of sp³-hybridized carbons (Fsp3) is 0.688. The molecule has 3 heteroatoms. The molecule has 1 aliphatic rings. The SMILES string of the molecule is CCNC(CC)c1ccc(OCCC2CCC2)cn1. The van der Waals surface area contributed by atoms with Crippen LogP contribution in [-0.2, 0) is 0 Å². The summed E-state index contributed by atoms with van der Waals surface area (Å²) < 4.78 is 5.76. The van der Waals surface area contributed by atoms with Gasteiger partial charge in [0.2, 0.25) is 0 Å². The Bertz CT molecular complexity index is 360. The number of hydrogen-bond acceptors (Lipinski definition) is 3. The molecular weight excluding hydrogens is 236 g/mol. The second kappa shape index (κ2) is 7.49. The first kappa shape index (κ1) is 14.3. The molecule has 1 heterocycles. The second-order valence-electron chi connectivity index (χ2n) is 5.37. The van der Waals surface area contributed by atoms with Crippen LogP contribution in [-0.4, -0.2) is 18.1 Å². The number of nitrogens with one attached hydrogen (secondary N) is 1. The third-order valence-corrected chi connectivity index (χ3v) is 3.99. The fourth-order valence-electron chi connectivity index (χ4n) is 2.51. The van der Waals surface area contributed by atoms with E-state index in [9.17, 15) is 0 Å². The molecule has 1 fully saturated rings. The molecule has 0 saturated heterocycles. The molecule has 106 valence electrons. The van der Waals surface area contributed by atoms with Crippen molar-refractivity contribution in [2.75, 3.05) is 13.2 Å². The molecule has 3 nitrogen and oxygen atoms in total. The molecule has 19 heavy (non-hydrogen) atoms. The van der Waals surface area contributed by atoms with Crippen LogP contribution in [0, 0.1) is 5.92 Å². The van der Waals surface area contributed by atoms with E-state index in [0.29, 0.717) is 6.04 Å². The van der Waals surface area contributed by atoms with Crippen LogP contribution in [0.1, 0.15) is 57.7 Å². The van der Waals surface area contributed by atoms with Crippen LogP contribution in [0.2, 0.25) is 0 Å². The summed E-state index contributed by atoms with van der Waals surface area (Å²) in [6.45, 7) is 6.11.